The number of fused-ring (bicyclic) bond motifs is 1. The summed E-state index contributed by atoms with van der Waals surface area (Å²) in [7, 11) is -5.60. The minimum Gasteiger partial charge on any atom is -0.458 e. The number of rotatable bonds is 4. The molecule has 2 unspecified atom stereocenters. The molecule has 2 N–H and O–H groups in total. The van der Waals surface area contributed by atoms with E-state index < -0.39 is 33.9 Å². The number of hydrogen-bond donors (Lipinski definition) is 2. The SMILES string of the molecule is O=C(OCC(F)(F)S(=O)(=O)O)C1C2CC3CC1CC(C2)ON3. The molecule has 126 valence electrons. The topological polar surface area (TPSA) is 102 Å². The summed E-state index contributed by atoms with van der Waals surface area (Å²) in [6.45, 7) is -1.66. The lowest BCUT2D eigenvalue weighted by Gasteiger charge is -2.42. The van der Waals surface area contributed by atoms with E-state index in [1.807, 2.05) is 0 Å². The Balaban J connectivity index is 1.66. The second kappa shape index (κ2) is 5.36. The Hall–Kier alpha value is -0.840. The van der Waals surface area contributed by atoms with Gasteiger partial charge in [-0.1, -0.05) is 0 Å². The van der Waals surface area contributed by atoms with Gasteiger partial charge in [0.05, 0.1) is 12.0 Å². The molecule has 4 fully saturated rings. The number of carbonyl (C=O) groups excluding carboxylic acids is 1. The van der Waals surface area contributed by atoms with Gasteiger partial charge in [-0.25, -0.2) is 0 Å². The molecule has 2 saturated carbocycles. The molecule has 4 bridgehead atoms. The van der Waals surface area contributed by atoms with E-state index in [0.29, 0.717) is 25.7 Å². The van der Waals surface area contributed by atoms with Gasteiger partial charge in [0, 0.05) is 6.04 Å². The fraction of sp³-hybridized carbons (Fsp3) is 0.917. The minimum atomic E-state index is -5.60. The van der Waals surface area contributed by atoms with Crippen molar-refractivity contribution in [2.75, 3.05) is 6.61 Å². The second-order valence-corrected chi connectivity index (χ2v) is 7.81. The van der Waals surface area contributed by atoms with Crippen LogP contribution in [-0.2, 0) is 24.5 Å². The maximum atomic E-state index is 13.1. The van der Waals surface area contributed by atoms with Crippen molar-refractivity contribution in [2.45, 2.75) is 43.1 Å². The van der Waals surface area contributed by atoms with Crippen LogP contribution in [0.25, 0.3) is 0 Å². The summed E-state index contributed by atoms with van der Waals surface area (Å²) in [6, 6.07) is 0.144. The fourth-order valence-electron chi connectivity index (χ4n) is 3.86. The molecule has 0 aromatic heterocycles. The summed E-state index contributed by atoms with van der Waals surface area (Å²) in [6.07, 6.45) is 2.69. The van der Waals surface area contributed by atoms with E-state index in [1.54, 1.807) is 0 Å². The van der Waals surface area contributed by atoms with Gasteiger partial charge in [-0.05, 0) is 37.5 Å². The molecular formula is C12H17F2NO6S. The summed E-state index contributed by atoms with van der Waals surface area (Å²) >= 11 is 0. The first kappa shape index (κ1) is 16.0. The van der Waals surface area contributed by atoms with Crippen molar-refractivity contribution in [3.8, 4) is 0 Å². The van der Waals surface area contributed by atoms with Crippen molar-refractivity contribution < 1.29 is 36.1 Å². The highest BCUT2D eigenvalue weighted by atomic mass is 32.2. The lowest BCUT2D eigenvalue weighted by atomic mass is 9.63. The van der Waals surface area contributed by atoms with Crippen LogP contribution in [-0.4, -0.2) is 42.9 Å². The van der Waals surface area contributed by atoms with Gasteiger partial charge >= 0.3 is 21.3 Å². The first-order chi connectivity index (χ1) is 10.2. The molecule has 7 nitrogen and oxygen atoms in total. The van der Waals surface area contributed by atoms with Gasteiger partial charge in [0.15, 0.2) is 6.61 Å². The van der Waals surface area contributed by atoms with Crippen LogP contribution in [0.15, 0.2) is 0 Å². The zero-order valence-corrected chi connectivity index (χ0v) is 12.4. The number of ether oxygens (including phenoxy) is 1. The molecule has 0 aromatic carbocycles. The van der Waals surface area contributed by atoms with Crippen molar-refractivity contribution in [3.05, 3.63) is 0 Å². The van der Waals surface area contributed by atoms with Crippen LogP contribution < -0.4 is 5.48 Å². The van der Waals surface area contributed by atoms with Gasteiger partial charge in [0.25, 0.3) is 0 Å². The van der Waals surface area contributed by atoms with E-state index in [4.69, 9.17) is 9.39 Å². The normalized spacial score (nSPS) is 37.9. The average molecular weight is 341 g/mol. The summed E-state index contributed by atoms with van der Waals surface area (Å²) in [5, 5.41) is -4.49. The minimum absolute atomic E-state index is 0.00538. The number of esters is 1. The number of halogens is 2. The highest BCUT2D eigenvalue weighted by molar-refractivity contribution is 7.86. The lowest BCUT2D eigenvalue weighted by molar-refractivity contribution is -0.163. The molecule has 4 rings (SSSR count). The molecule has 2 aliphatic heterocycles. The van der Waals surface area contributed by atoms with E-state index in [-0.39, 0.29) is 24.0 Å². The molecule has 2 atom stereocenters. The Kier molecular flexibility index (Phi) is 3.91. The molecule has 10 heteroatoms. The van der Waals surface area contributed by atoms with Gasteiger partial charge in [-0.2, -0.15) is 22.7 Å². The van der Waals surface area contributed by atoms with Gasteiger partial charge in [0.1, 0.15) is 0 Å². The Morgan fingerprint density at radius 2 is 1.86 bits per heavy atom. The summed E-state index contributed by atoms with van der Waals surface area (Å²) in [5.41, 5.74) is 2.96. The molecule has 2 saturated heterocycles. The van der Waals surface area contributed by atoms with Gasteiger partial charge < -0.3 is 4.74 Å². The predicted molar refractivity (Wildman–Crippen MR) is 68.2 cm³/mol. The van der Waals surface area contributed by atoms with Crippen molar-refractivity contribution in [1.82, 2.24) is 5.48 Å². The largest absolute Gasteiger partial charge is 0.458 e. The number of hydrogen-bond acceptors (Lipinski definition) is 6. The summed E-state index contributed by atoms with van der Waals surface area (Å²) in [4.78, 5) is 17.6. The molecule has 0 aromatic rings. The number of carbonyl (C=O) groups is 1. The molecule has 0 spiro atoms. The first-order valence-electron chi connectivity index (χ1n) is 7.10. The first-order valence-corrected chi connectivity index (χ1v) is 8.54. The van der Waals surface area contributed by atoms with E-state index in [2.05, 4.69) is 10.2 Å². The smallest absolute Gasteiger partial charge is 0.402 e. The third-order valence-corrected chi connectivity index (χ3v) is 5.63. The maximum absolute atomic E-state index is 13.1. The zero-order valence-electron chi connectivity index (χ0n) is 11.6. The molecular weight excluding hydrogens is 324 g/mol. The third kappa shape index (κ3) is 2.84. The zero-order chi connectivity index (χ0) is 16.1. The molecule has 2 aliphatic carbocycles. The van der Waals surface area contributed by atoms with Crippen LogP contribution in [0.1, 0.15) is 25.7 Å². The van der Waals surface area contributed by atoms with Crippen LogP contribution in [0, 0.1) is 17.8 Å². The second-order valence-electron chi connectivity index (χ2n) is 6.26. The average Bonchev–Trinajstić information content (AvgIpc) is 2.64. The van der Waals surface area contributed by atoms with Crippen molar-refractivity contribution in [1.29, 1.82) is 0 Å². The van der Waals surface area contributed by atoms with E-state index in [9.17, 15) is 22.0 Å². The van der Waals surface area contributed by atoms with Crippen molar-refractivity contribution in [3.63, 3.8) is 0 Å². The van der Waals surface area contributed by atoms with Gasteiger partial charge in [-0.3, -0.25) is 14.2 Å². The number of hydroxylamine groups is 1. The Morgan fingerprint density at radius 1 is 1.27 bits per heavy atom. The monoisotopic (exact) mass is 341 g/mol. The third-order valence-electron chi connectivity index (χ3n) is 4.75. The fourth-order valence-corrected chi connectivity index (χ4v) is 4.07. The quantitative estimate of drug-likeness (QED) is 0.574. The molecule has 4 aliphatic rings. The van der Waals surface area contributed by atoms with Gasteiger partial charge in [-0.15, -0.1) is 0 Å². The van der Waals surface area contributed by atoms with E-state index in [0.717, 1.165) is 0 Å². The molecule has 0 radical (unpaired) electrons. The highest BCUT2D eigenvalue weighted by Gasteiger charge is 2.51. The lowest BCUT2D eigenvalue weighted by Crippen LogP contribution is -2.46. The molecule has 22 heavy (non-hydrogen) atoms. The standard InChI is InChI=1S/C12H17F2NO6S/c13-12(14,22(17,18)19)5-20-11(16)10-6-1-8-2-7(10)4-9(3-6)21-15-8/h6-10,15H,1-5H2,(H,17,18,19). The molecule has 2 heterocycles. The van der Waals surface area contributed by atoms with Crippen LogP contribution >= 0.6 is 0 Å². The Morgan fingerprint density at radius 3 is 2.41 bits per heavy atom. The summed E-state index contributed by atoms with van der Waals surface area (Å²) < 4.78 is 60.2. The summed E-state index contributed by atoms with van der Waals surface area (Å²) in [5.74, 6) is -1.39. The van der Waals surface area contributed by atoms with Crippen LogP contribution in [0.5, 0.6) is 0 Å². The van der Waals surface area contributed by atoms with Crippen molar-refractivity contribution >= 4 is 16.1 Å². The predicted octanol–water partition coefficient (Wildman–Crippen LogP) is 0.718. The van der Waals surface area contributed by atoms with Crippen LogP contribution in [0.3, 0.4) is 0 Å². The Labute approximate surface area is 126 Å². The van der Waals surface area contributed by atoms with E-state index in [1.165, 1.54) is 0 Å². The van der Waals surface area contributed by atoms with Crippen LogP contribution in [0.2, 0.25) is 0 Å². The maximum Gasteiger partial charge on any atom is 0.402 e. The van der Waals surface area contributed by atoms with Gasteiger partial charge in [0.2, 0.25) is 0 Å². The van der Waals surface area contributed by atoms with E-state index >= 15 is 0 Å². The molecule has 0 amide bonds. The number of alkyl halides is 2. The van der Waals surface area contributed by atoms with Crippen LogP contribution in [0.4, 0.5) is 8.78 Å². The Bertz CT molecular complexity index is 536. The highest BCUT2D eigenvalue weighted by Crippen LogP contribution is 2.47. The van der Waals surface area contributed by atoms with Crippen molar-refractivity contribution in [2.24, 2.45) is 17.8 Å². The number of nitrogens with one attached hydrogen (secondary N) is 1.